The average Bonchev–Trinajstić information content (AvgIpc) is 3.21. The zero-order valence-electron chi connectivity index (χ0n) is 17.4. The lowest BCUT2D eigenvalue weighted by Gasteiger charge is -2.53. The fraction of sp³-hybridized carbons (Fsp3) is 0.625. The summed E-state index contributed by atoms with van der Waals surface area (Å²) in [4.78, 5) is 13.1. The molecule has 1 aliphatic heterocycles. The van der Waals surface area contributed by atoms with Crippen LogP contribution in [0.3, 0.4) is 0 Å². The highest BCUT2D eigenvalue weighted by atomic mass is 19.1. The van der Waals surface area contributed by atoms with Crippen molar-refractivity contribution in [1.82, 2.24) is 5.32 Å². The van der Waals surface area contributed by atoms with E-state index in [1.54, 1.807) is 0 Å². The van der Waals surface area contributed by atoms with E-state index in [1.807, 2.05) is 12.1 Å². The minimum Gasteiger partial charge on any atom is -0.489 e. The predicted molar refractivity (Wildman–Crippen MR) is 112 cm³/mol. The Kier molecular flexibility index (Phi) is 5.10. The van der Waals surface area contributed by atoms with Gasteiger partial charge in [0.05, 0.1) is 19.5 Å². The van der Waals surface area contributed by atoms with Gasteiger partial charge in [-0.3, -0.25) is 4.79 Å². The topological polar surface area (TPSA) is 73.6 Å². The molecule has 4 saturated carbocycles. The number of carbonyl (C=O) groups excluding carboxylic acids is 1. The number of fused-ring (bicyclic) bond motifs is 4. The van der Waals surface area contributed by atoms with Gasteiger partial charge in [0.1, 0.15) is 12.4 Å². The van der Waals surface area contributed by atoms with Crippen molar-refractivity contribution in [3.63, 3.8) is 0 Å². The maximum absolute atomic E-state index is 13.1. The smallest absolute Gasteiger partial charge is 0.226 e. The summed E-state index contributed by atoms with van der Waals surface area (Å²) in [5.41, 5.74) is 7.25. The first-order valence-electron chi connectivity index (χ1n) is 11.2. The first-order valence-corrected chi connectivity index (χ1v) is 11.2. The molecule has 1 saturated heterocycles. The Hall–Kier alpha value is -1.92. The summed E-state index contributed by atoms with van der Waals surface area (Å²) < 4.78 is 23.7. The average molecular weight is 415 g/mol. The number of rotatable bonds is 7. The molecular formula is C24H31FN2O3. The van der Waals surface area contributed by atoms with Crippen LogP contribution in [0.25, 0.3) is 0 Å². The molecule has 5 fully saturated rings. The number of ether oxygens (including phenoxy) is 2. The zero-order valence-corrected chi connectivity index (χ0v) is 17.4. The predicted octanol–water partition coefficient (Wildman–Crippen LogP) is 3.23. The Balaban J connectivity index is 1.19. The van der Waals surface area contributed by atoms with E-state index in [4.69, 9.17) is 15.2 Å². The standard InChI is InChI=1S/C24H31FN2O3/c25-11-16(12-26)13-30-18-3-1-17(2-4-18)23-5-8-24(9-6-23,10-7-23)22(28)27-21-19-14-29-15-20(19)21/h1-4,11,19-21H,5-10,12-15,26H2,(H,27,28)/b16-11+/t19-,20+,21-,23?,24?. The van der Waals surface area contributed by atoms with Gasteiger partial charge in [0.25, 0.3) is 0 Å². The molecule has 6 rings (SSSR count). The largest absolute Gasteiger partial charge is 0.489 e. The van der Waals surface area contributed by atoms with Crippen LogP contribution in [0, 0.1) is 17.3 Å². The van der Waals surface area contributed by atoms with E-state index in [0.717, 1.165) is 57.5 Å². The molecule has 6 heteroatoms. The van der Waals surface area contributed by atoms with Crippen LogP contribution in [-0.2, 0) is 14.9 Å². The molecule has 1 aromatic carbocycles. The molecule has 3 atom stereocenters. The van der Waals surface area contributed by atoms with Gasteiger partial charge in [0.15, 0.2) is 0 Å². The van der Waals surface area contributed by atoms with Crippen molar-refractivity contribution in [3.05, 3.63) is 41.7 Å². The van der Waals surface area contributed by atoms with Gasteiger partial charge in [-0.25, -0.2) is 4.39 Å². The Morgan fingerprint density at radius 3 is 2.33 bits per heavy atom. The van der Waals surface area contributed by atoms with Gasteiger partial charge in [-0.05, 0) is 61.6 Å². The van der Waals surface area contributed by atoms with Crippen LogP contribution in [0.1, 0.15) is 44.1 Å². The van der Waals surface area contributed by atoms with Crippen LogP contribution in [0.2, 0.25) is 0 Å². The first-order chi connectivity index (χ1) is 14.6. The summed E-state index contributed by atoms with van der Waals surface area (Å²) in [7, 11) is 0. The first kappa shape index (κ1) is 20.0. The molecule has 162 valence electrons. The van der Waals surface area contributed by atoms with Crippen LogP contribution in [-0.4, -0.2) is 38.3 Å². The maximum Gasteiger partial charge on any atom is 0.226 e. The lowest BCUT2D eigenvalue weighted by Crippen LogP contribution is -2.52. The molecular weight excluding hydrogens is 383 g/mol. The zero-order chi connectivity index (χ0) is 20.8. The number of benzene rings is 1. The second-order valence-electron chi connectivity index (χ2n) is 9.71. The summed E-state index contributed by atoms with van der Waals surface area (Å²) in [6, 6.07) is 8.57. The quantitative estimate of drug-likeness (QED) is 0.719. The molecule has 30 heavy (non-hydrogen) atoms. The normalized spacial score (nSPS) is 37.0. The highest BCUT2D eigenvalue weighted by molar-refractivity contribution is 5.84. The van der Waals surface area contributed by atoms with Gasteiger partial charge in [-0.2, -0.15) is 0 Å². The number of nitrogens with one attached hydrogen (secondary N) is 1. The van der Waals surface area contributed by atoms with Crippen molar-refractivity contribution in [2.45, 2.75) is 50.0 Å². The van der Waals surface area contributed by atoms with Gasteiger partial charge in [0.2, 0.25) is 5.91 Å². The fourth-order valence-corrected chi connectivity index (χ4v) is 5.93. The highest BCUT2D eigenvalue weighted by Gasteiger charge is 2.58. The molecule has 3 N–H and O–H groups in total. The number of nitrogens with two attached hydrogens (primary N) is 1. The van der Waals surface area contributed by atoms with E-state index in [1.165, 1.54) is 5.56 Å². The van der Waals surface area contributed by atoms with Crippen LogP contribution >= 0.6 is 0 Å². The van der Waals surface area contributed by atoms with Crippen molar-refractivity contribution in [3.8, 4) is 5.75 Å². The van der Waals surface area contributed by atoms with Crippen LogP contribution in [0.5, 0.6) is 5.75 Å². The SMILES string of the molecule is NC/C(=C\F)COc1ccc(C23CCC(C(=O)N[C@@H]4[C@@H]5COC[C@@H]54)(CC2)CC3)cc1. The third-order valence-electron chi connectivity index (χ3n) is 8.29. The molecule has 0 radical (unpaired) electrons. The van der Waals surface area contributed by atoms with Gasteiger partial charge in [-0.15, -0.1) is 0 Å². The Bertz CT molecular complexity index is 803. The van der Waals surface area contributed by atoms with Crippen molar-refractivity contribution in [2.24, 2.45) is 23.0 Å². The summed E-state index contributed by atoms with van der Waals surface area (Å²) >= 11 is 0. The molecule has 0 aromatic heterocycles. The molecule has 5 aliphatic rings. The highest BCUT2D eigenvalue weighted by Crippen LogP contribution is 2.58. The van der Waals surface area contributed by atoms with Gasteiger partial charge in [0, 0.05) is 35.4 Å². The van der Waals surface area contributed by atoms with Gasteiger partial charge >= 0.3 is 0 Å². The Morgan fingerprint density at radius 1 is 1.13 bits per heavy atom. The Labute approximate surface area is 177 Å². The van der Waals surface area contributed by atoms with E-state index in [2.05, 4.69) is 17.4 Å². The summed E-state index contributed by atoms with van der Waals surface area (Å²) in [5, 5.41) is 3.36. The van der Waals surface area contributed by atoms with Crippen LogP contribution in [0.4, 0.5) is 4.39 Å². The lowest BCUT2D eigenvalue weighted by molar-refractivity contribution is -0.138. The molecule has 0 spiro atoms. The third kappa shape index (κ3) is 3.34. The van der Waals surface area contributed by atoms with E-state index in [0.29, 0.717) is 29.8 Å². The van der Waals surface area contributed by atoms with E-state index < -0.39 is 0 Å². The summed E-state index contributed by atoms with van der Waals surface area (Å²) in [6.45, 7) is 1.94. The second kappa shape index (κ2) is 7.65. The van der Waals surface area contributed by atoms with Crippen molar-refractivity contribution < 1.29 is 18.7 Å². The van der Waals surface area contributed by atoms with Crippen LogP contribution in [0.15, 0.2) is 36.2 Å². The van der Waals surface area contributed by atoms with Crippen molar-refractivity contribution >= 4 is 5.91 Å². The van der Waals surface area contributed by atoms with Crippen molar-refractivity contribution in [1.29, 1.82) is 0 Å². The third-order valence-corrected chi connectivity index (χ3v) is 8.29. The molecule has 5 nitrogen and oxygen atoms in total. The molecule has 2 bridgehead atoms. The van der Waals surface area contributed by atoms with Gasteiger partial charge in [-0.1, -0.05) is 12.1 Å². The number of halogens is 1. The van der Waals surface area contributed by atoms with Crippen LogP contribution < -0.4 is 15.8 Å². The van der Waals surface area contributed by atoms with Crippen molar-refractivity contribution in [2.75, 3.05) is 26.4 Å². The number of carbonyl (C=O) groups is 1. The van der Waals surface area contributed by atoms with E-state index in [-0.39, 0.29) is 29.9 Å². The maximum atomic E-state index is 13.1. The van der Waals surface area contributed by atoms with E-state index in [9.17, 15) is 9.18 Å². The fourth-order valence-electron chi connectivity index (χ4n) is 5.93. The molecule has 1 aromatic rings. The lowest BCUT2D eigenvalue weighted by atomic mass is 9.51. The monoisotopic (exact) mass is 414 g/mol. The number of amides is 1. The molecule has 1 amide bonds. The minimum atomic E-state index is -0.167. The van der Waals surface area contributed by atoms with E-state index >= 15 is 0 Å². The summed E-state index contributed by atoms with van der Waals surface area (Å²) in [6.07, 6.45) is 6.60. The molecule has 4 aliphatic carbocycles. The molecule has 1 heterocycles. The van der Waals surface area contributed by atoms with Gasteiger partial charge < -0.3 is 20.5 Å². The Morgan fingerprint density at radius 2 is 1.77 bits per heavy atom. The number of hydrogen-bond acceptors (Lipinski definition) is 4. The second-order valence-corrected chi connectivity index (χ2v) is 9.71. The minimum absolute atomic E-state index is 0.156. The number of hydrogen-bond donors (Lipinski definition) is 2. The molecule has 0 unspecified atom stereocenters. The summed E-state index contributed by atoms with van der Waals surface area (Å²) in [5.74, 6) is 2.12.